The first kappa shape index (κ1) is 27.7. The summed E-state index contributed by atoms with van der Waals surface area (Å²) in [5.74, 6) is -8.76. The van der Waals surface area contributed by atoms with Crippen molar-refractivity contribution in [1.29, 1.82) is 0 Å². The maximum Gasteiger partial charge on any atom is 0.305 e. The van der Waals surface area contributed by atoms with Gasteiger partial charge in [-0.15, -0.1) is 0 Å². The van der Waals surface area contributed by atoms with Crippen LogP contribution < -0.4 is 15.0 Å². The third-order valence-electron chi connectivity index (χ3n) is 6.42. The lowest BCUT2D eigenvalue weighted by atomic mass is 9.95. The summed E-state index contributed by atoms with van der Waals surface area (Å²) in [5, 5.41) is 12.1. The van der Waals surface area contributed by atoms with E-state index >= 15 is 0 Å². The van der Waals surface area contributed by atoms with Gasteiger partial charge in [-0.05, 0) is 49.6 Å². The van der Waals surface area contributed by atoms with Crippen LogP contribution in [0.15, 0.2) is 30.5 Å². The summed E-state index contributed by atoms with van der Waals surface area (Å²) in [6.07, 6.45) is 1.41. The standard InChI is InChI=1S/C26H24F4N4O5/c1-13-8-17(28)23(30)24(22(13)29)39-12-20(35)19(10-21(36)37)32-25(38)14-4-6-34(7-5-14)26-31-11-15-9-16(27)2-3-18(15)33-26/h2-3,8-9,11,14,19H,4-7,10,12H2,1H3,(H,32,38)(H,36,37)/t19-/m0/s1. The number of aliphatic carboxylic acids is 1. The van der Waals surface area contributed by atoms with Crippen molar-refractivity contribution < 1.29 is 41.8 Å². The number of aryl methyl sites for hydroxylation is 1. The van der Waals surface area contributed by atoms with Crippen LogP contribution >= 0.6 is 0 Å². The monoisotopic (exact) mass is 548 g/mol. The van der Waals surface area contributed by atoms with Crippen molar-refractivity contribution in [3.8, 4) is 5.75 Å². The Morgan fingerprint density at radius 1 is 1.13 bits per heavy atom. The molecule has 0 radical (unpaired) electrons. The van der Waals surface area contributed by atoms with Gasteiger partial charge in [0.15, 0.2) is 23.2 Å². The summed E-state index contributed by atoms with van der Waals surface area (Å²) in [6, 6.07) is 3.25. The number of carbonyl (C=O) groups excluding carboxylic acids is 2. The zero-order valence-corrected chi connectivity index (χ0v) is 20.7. The Hall–Kier alpha value is -4.29. The lowest BCUT2D eigenvalue weighted by molar-refractivity contribution is -0.141. The number of hydrogen-bond donors (Lipinski definition) is 2. The zero-order chi connectivity index (χ0) is 28.3. The van der Waals surface area contributed by atoms with Crippen LogP contribution in [0.1, 0.15) is 24.8 Å². The van der Waals surface area contributed by atoms with E-state index in [1.54, 1.807) is 0 Å². The molecule has 1 saturated heterocycles. The third-order valence-corrected chi connectivity index (χ3v) is 6.42. The fraction of sp³-hybridized carbons (Fsp3) is 0.346. The first-order valence-corrected chi connectivity index (χ1v) is 12.0. The van der Waals surface area contributed by atoms with Crippen molar-refractivity contribution >= 4 is 34.5 Å². The fourth-order valence-electron chi connectivity index (χ4n) is 4.27. The molecule has 1 amide bonds. The Morgan fingerprint density at radius 2 is 1.85 bits per heavy atom. The Balaban J connectivity index is 1.36. The molecule has 0 aliphatic carbocycles. The number of anilines is 1. The summed E-state index contributed by atoms with van der Waals surface area (Å²) in [6.45, 7) is 0.973. The molecule has 2 heterocycles. The smallest absolute Gasteiger partial charge is 0.305 e. The van der Waals surface area contributed by atoms with Gasteiger partial charge in [0.05, 0.1) is 11.9 Å². The van der Waals surface area contributed by atoms with Crippen LogP contribution in [-0.2, 0) is 14.4 Å². The van der Waals surface area contributed by atoms with Gasteiger partial charge in [-0.3, -0.25) is 14.4 Å². The van der Waals surface area contributed by atoms with Gasteiger partial charge >= 0.3 is 5.97 Å². The van der Waals surface area contributed by atoms with Crippen molar-refractivity contribution in [2.24, 2.45) is 5.92 Å². The van der Waals surface area contributed by atoms with Crippen LogP contribution in [0.4, 0.5) is 23.5 Å². The number of piperidine rings is 1. The Kier molecular flexibility index (Phi) is 8.27. The van der Waals surface area contributed by atoms with Crippen molar-refractivity contribution in [2.75, 3.05) is 24.6 Å². The SMILES string of the molecule is Cc1cc(F)c(F)c(OCC(=O)[C@H](CC(=O)O)NC(=O)C2CCN(c3ncc4cc(F)ccc4n3)CC2)c1F. The quantitative estimate of drug-likeness (QED) is 0.309. The van der Waals surface area contributed by atoms with E-state index in [2.05, 4.69) is 15.3 Å². The number of amides is 1. The summed E-state index contributed by atoms with van der Waals surface area (Å²) in [5.41, 5.74) is 0.313. The minimum Gasteiger partial charge on any atom is -0.481 e. The highest BCUT2D eigenvalue weighted by atomic mass is 19.2. The number of hydrogen-bond acceptors (Lipinski definition) is 7. The highest BCUT2D eigenvalue weighted by molar-refractivity contribution is 5.93. The van der Waals surface area contributed by atoms with Gasteiger partial charge in [0, 0.05) is 30.6 Å². The number of benzene rings is 2. The van der Waals surface area contributed by atoms with Gasteiger partial charge in [0.1, 0.15) is 18.5 Å². The van der Waals surface area contributed by atoms with E-state index in [1.165, 1.54) is 31.3 Å². The molecule has 1 atom stereocenters. The Labute approximate surface area is 219 Å². The third kappa shape index (κ3) is 6.41. The maximum absolute atomic E-state index is 14.2. The molecule has 13 heteroatoms. The van der Waals surface area contributed by atoms with Crippen molar-refractivity contribution in [1.82, 2.24) is 15.3 Å². The second kappa shape index (κ2) is 11.6. The lowest BCUT2D eigenvalue weighted by Gasteiger charge is -2.32. The summed E-state index contributed by atoms with van der Waals surface area (Å²) >= 11 is 0. The molecule has 0 unspecified atom stereocenters. The number of carboxylic acid groups (broad SMARTS) is 1. The molecule has 4 rings (SSSR count). The number of carboxylic acids is 1. The van der Waals surface area contributed by atoms with Crippen LogP contribution in [0, 0.1) is 36.1 Å². The van der Waals surface area contributed by atoms with Crippen LogP contribution in [0.25, 0.3) is 10.9 Å². The number of fused-ring (bicyclic) bond motifs is 1. The Morgan fingerprint density at radius 3 is 2.54 bits per heavy atom. The number of ether oxygens (including phenoxy) is 1. The molecule has 9 nitrogen and oxygen atoms in total. The summed E-state index contributed by atoms with van der Waals surface area (Å²) in [7, 11) is 0. The van der Waals surface area contributed by atoms with Crippen molar-refractivity contribution in [3.63, 3.8) is 0 Å². The van der Waals surface area contributed by atoms with Crippen molar-refractivity contribution in [2.45, 2.75) is 32.2 Å². The van der Waals surface area contributed by atoms with Gasteiger partial charge in [-0.1, -0.05) is 0 Å². The van der Waals surface area contributed by atoms with Crippen molar-refractivity contribution in [3.05, 3.63) is 59.3 Å². The van der Waals surface area contributed by atoms with Crippen LogP contribution in [0.3, 0.4) is 0 Å². The normalized spacial score (nSPS) is 14.7. The first-order chi connectivity index (χ1) is 18.5. The number of nitrogens with zero attached hydrogens (tertiary/aromatic N) is 3. The largest absolute Gasteiger partial charge is 0.481 e. The minimum absolute atomic E-state index is 0.249. The molecule has 3 aromatic rings. The topological polar surface area (TPSA) is 122 Å². The molecule has 206 valence electrons. The van der Waals surface area contributed by atoms with E-state index in [0.717, 1.165) is 0 Å². The van der Waals surface area contributed by atoms with Gasteiger partial charge in [-0.25, -0.2) is 23.1 Å². The van der Waals surface area contributed by atoms with E-state index < -0.39 is 71.7 Å². The number of aromatic nitrogens is 2. The summed E-state index contributed by atoms with van der Waals surface area (Å²) < 4.78 is 60.0. The van der Waals surface area contributed by atoms with E-state index in [4.69, 9.17) is 4.74 Å². The second-order valence-electron chi connectivity index (χ2n) is 9.18. The number of rotatable bonds is 9. The van der Waals surface area contributed by atoms with Gasteiger partial charge in [0.2, 0.25) is 17.7 Å². The first-order valence-electron chi connectivity index (χ1n) is 12.0. The molecule has 2 aromatic carbocycles. The number of ketones is 1. The number of Topliss-reactive ketones (excluding diaryl/α,β-unsaturated/α-hetero) is 1. The average molecular weight is 548 g/mol. The molecule has 1 aliphatic rings. The second-order valence-corrected chi connectivity index (χ2v) is 9.18. The van der Waals surface area contributed by atoms with Crippen LogP contribution in [-0.4, -0.2) is 58.5 Å². The van der Waals surface area contributed by atoms with Gasteiger partial charge in [0.25, 0.3) is 0 Å². The molecule has 2 N–H and O–H groups in total. The lowest BCUT2D eigenvalue weighted by Crippen LogP contribution is -2.48. The predicted molar refractivity (Wildman–Crippen MR) is 130 cm³/mol. The molecule has 1 aromatic heterocycles. The Bertz CT molecular complexity index is 1400. The number of carbonyl (C=O) groups is 3. The predicted octanol–water partition coefficient (Wildman–Crippen LogP) is 3.32. The van der Waals surface area contributed by atoms with Gasteiger partial charge in [-0.2, -0.15) is 4.39 Å². The number of nitrogens with one attached hydrogen (secondary N) is 1. The molecule has 1 fully saturated rings. The van der Waals surface area contributed by atoms with E-state index in [9.17, 15) is 37.1 Å². The molecular formula is C26H24F4N4O5. The molecule has 0 spiro atoms. The maximum atomic E-state index is 14.2. The molecule has 0 saturated carbocycles. The highest BCUT2D eigenvalue weighted by Gasteiger charge is 2.31. The molecular weight excluding hydrogens is 524 g/mol. The van der Waals surface area contributed by atoms with E-state index in [1.807, 2.05) is 4.90 Å². The molecule has 0 bridgehead atoms. The van der Waals surface area contributed by atoms with E-state index in [0.29, 0.717) is 48.8 Å². The average Bonchev–Trinajstić information content (AvgIpc) is 2.91. The van der Waals surface area contributed by atoms with Crippen LogP contribution in [0.2, 0.25) is 0 Å². The number of halogens is 4. The van der Waals surface area contributed by atoms with Crippen LogP contribution in [0.5, 0.6) is 5.75 Å². The molecule has 1 aliphatic heterocycles. The van der Waals surface area contributed by atoms with Gasteiger partial charge < -0.3 is 20.1 Å². The summed E-state index contributed by atoms with van der Waals surface area (Å²) in [4.78, 5) is 47.3. The van der Waals surface area contributed by atoms with E-state index in [-0.39, 0.29) is 5.56 Å². The fourth-order valence-corrected chi connectivity index (χ4v) is 4.27. The highest BCUT2D eigenvalue weighted by Crippen LogP contribution is 2.27. The minimum atomic E-state index is -1.63. The zero-order valence-electron chi connectivity index (χ0n) is 20.7. The molecule has 39 heavy (non-hydrogen) atoms.